The molecule has 0 aliphatic heterocycles. The number of hydrogen-bond acceptors (Lipinski definition) is 2. The molecule has 0 aromatic carbocycles. The number of carboxylic acids is 1. The van der Waals surface area contributed by atoms with Crippen molar-refractivity contribution in [3.63, 3.8) is 0 Å². The number of carbonyl (C=O) groups is 1. The van der Waals surface area contributed by atoms with Gasteiger partial charge in [-0.3, -0.25) is 9.00 Å². The van der Waals surface area contributed by atoms with Crippen LogP contribution in [0.1, 0.15) is 33.6 Å². The molecule has 0 aliphatic carbocycles. The molecule has 0 amide bonds. The summed E-state index contributed by atoms with van der Waals surface area (Å²) < 4.78 is 10.9. The molecule has 3 nitrogen and oxygen atoms in total. The number of hydrogen-bond donors (Lipinski definition) is 1. The lowest BCUT2D eigenvalue weighted by Gasteiger charge is -2.20. The summed E-state index contributed by atoms with van der Waals surface area (Å²) in [5.41, 5.74) is 0. The van der Waals surface area contributed by atoms with E-state index in [2.05, 4.69) is 0 Å². The van der Waals surface area contributed by atoms with E-state index in [-0.39, 0.29) is 6.42 Å². The summed E-state index contributed by atoms with van der Waals surface area (Å²) in [4.78, 5) is 10.4. The molecule has 0 rings (SSSR count). The van der Waals surface area contributed by atoms with E-state index < -0.39 is 21.5 Å². The van der Waals surface area contributed by atoms with Crippen molar-refractivity contribution in [2.24, 2.45) is 0 Å². The topological polar surface area (TPSA) is 54.4 Å². The Bertz CT molecular complexity index is 187. The van der Waals surface area contributed by atoms with Crippen LogP contribution in [0.25, 0.3) is 0 Å². The van der Waals surface area contributed by atoms with E-state index in [1.54, 1.807) is 13.8 Å². The van der Waals surface area contributed by atoms with Crippen LogP contribution in [-0.2, 0) is 15.6 Å². The van der Waals surface area contributed by atoms with E-state index in [0.29, 0.717) is 5.75 Å². The summed E-state index contributed by atoms with van der Waals surface area (Å²) >= 11 is 0. The van der Waals surface area contributed by atoms with Gasteiger partial charge in [-0.05, 0) is 20.3 Å². The standard InChI is InChI=1S/C8H16O3S/c1-4-5-12(11)8(2,3)6-7(9)10/h4-6H2,1-3H3,(H,9,10). The molecule has 0 heterocycles. The normalized spacial score (nSPS) is 14.2. The van der Waals surface area contributed by atoms with Gasteiger partial charge in [0, 0.05) is 16.6 Å². The first kappa shape index (κ1) is 11.6. The first-order valence-corrected chi connectivity index (χ1v) is 5.32. The van der Waals surface area contributed by atoms with Crippen LogP contribution in [0.4, 0.5) is 0 Å². The van der Waals surface area contributed by atoms with Crippen LogP contribution in [0.15, 0.2) is 0 Å². The van der Waals surface area contributed by atoms with Crippen molar-refractivity contribution in [1.29, 1.82) is 0 Å². The zero-order valence-corrected chi connectivity index (χ0v) is 8.61. The van der Waals surface area contributed by atoms with Crippen molar-refractivity contribution in [2.75, 3.05) is 5.75 Å². The summed E-state index contributed by atoms with van der Waals surface area (Å²) in [5, 5.41) is 8.53. The Kier molecular flexibility index (Phi) is 4.45. The number of carboxylic acid groups (broad SMARTS) is 1. The van der Waals surface area contributed by atoms with Gasteiger partial charge >= 0.3 is 5.97 Å². The molecular formula is C8H16O3S. The molecule has 4 heteroatoms. The molecule has 0 aromatic heterocycles. The minimum Gasteiger partial charge on any atom is -0.481 e. The van der Waals surface area contributed by atoms with Crippen molar-refractivity contribution < 1.29 is 14.1 Å². The third-order valence-corrected chi connectivity index (χ3v) is 3.74. The van der Waals surface area contributed by atoms with Gasteiger partial charge in [-0.25, -0.2) is 0 Å². The molecular weight excluding hydrogens is 176 g/mol. The summed E-state index contributed by atoms with van der Waals surface area (Å²) in [7, 11) is -1.03. The molecule has 1 N–H and O–H groups in total. The van der Waals surface area contributed by atoms with Crippen LogP contribution in [0.3, 0.4) is 0 Å². The molecule has 0 aliphatic rings. The Morgan fingerprint density at radius 2 is 2.00 bits per heavy atom. The Morgan fingerprint density at radius 1 is 1.50 bits per heavy atom. The molecule has 1 atom stereocenters. The number of aliphatic carboxylic acids is 1. The van der Waals surface area contributed by atoms with Crippen LogP contribution in [0.5, 0.6) is 0 Å². The van der Waals surface area contributed by atoms with Crippen molar-refractivity contribution in [2.45, 2.75) is 38.4 Å². The fraction of sp³-hybridized carbons (Fsp3) is 0.875. The molecule has 0 radical (unpaired) electrons. The third kappa shape index (κ3) is 3.85. The molecule has 0 fully saturated rings. The van der Waals surface area contributed by atoms with Gasteiger partial charge in [0.15, 0.2) is 0 Å². The van der Waals surface area contributed by atoms with Crippen molar-refractivity contribution in [1.82, 2.24) is 0 Å². The van der Waals surface area contributed by atoms with Crippen LogP contribution in [-0.4, -0.2) is 25.8 Å². The first-order valence-electron chi connectivity index (χ1n) is 4.00. The van der Waals surface area contributed by atoms with Crippen molar-refractivity contribution >= 4 is 16.8 Å². The van der Waals surface area contributed by atoms with Crippen molar-refractivity contribution in [3.8, 4) is 0 Å². The van der Waals surface area contributed by atoms with Gasteiger partial charge in [-0.15, -0.1) is 0 Å². The smallest absolute Gasteiger partial charge is 0.304 e. The molecule has 0 spiro atoms. The predicted octanol–water partition coefficient (Wildman–Crippen LogP) is 1.40. The fourth-order valence-corrected chi connectivity index (χ4v) is 2.11. The average Bonchev–Trinajstić information content (AvgIpc) is 1.85. The zero-order chi connectivity index (χ0) is 9.78. The Hall–Kier alpha value is -0.380. The maximum Gasteiger partial charge on any atom is 0.304 e. The Morgan fingerprint density at radius 3 is 2.33 bits per heavy atom. The van der Waals surface area contributed by atoms with Crippen molar-refractivity contribution in [3.05, 3.63) is 0 Å². The van der Waals surface area contributed by atoms with Gasteiger partial charge in [-0.1, -0.05) is 6.92 Å². The maximum atomic E-state index is 11.4. The van der Waals surface area contributed by atoms with Gasteiger partial charge in [-0.2, -0.15) is 0 Å². The lowest BCUT2D eigenvalue weighted by atomic mass is 10.1. The first-order chi connectivity index (χ1) is 5.40. The van der Waals surface area contributed by atoms with E-state index in [9.17, 15) is 9.00 Å². The molecule has 0 aromatic rings. The second kappa shape index (κ2) is 4.60. The highest BCUT2D eigenvalue weighted by Crippen LogP contribution is 2.18. The SMILES string of the molecule is CCCS(=O)C(C)(C)CC(=O)O. The highest BCUT2D eigenvalue weighted by atomic mass is 32.2. The quantitative estimate of drug-likeness (QED) is 0.716. The van der Waals surface area contributed by atoms with Gasteiger partial charge in [0.05, 0.1) is 11.2 Å². The second-order valence-corrected chi connectivity index (χ2v) is 5.58. The summed E-state index contributed by atoms with van der Waals surface area (Å²) in [6, 6.07) is 0. The van der Waals surface area contributed by atoms with Crippen LogP contribution in [0.2, 0.25) is 0 Å². The molecule has 12 heavy (non-hydrogen) atoms. The summed E-state index contributed by atoms with van der Waals surface area (Å²) in [6.45, 7) is 5.40. The molecule has 0 saturated heterocycles. The molecule has 72 valence electrons. The molecule has 1 unspecified atom stereocenters. The average molecular weight is 192 g/mol. The van der Waals surface area contributed by atoms with Crippen LogP contribution in [0, 0.1) is 0 Å². The minimum atomic E-state index is -1.03. The van der Waals surface area contributed by atoms with E-state index in [0.717, 1.165) is 6.42 Å². The fourth-order valence-electron chi connectivity index (χ4n) is 0.906. The minimum absolute atomic E-state index is 0.0282. The van der Waals surface area contributed by atoms with Gasteiger partial charge < -0.3 is 5.11 Å². The van der Waals surface area contributed by atoms with Crippen LogP contribution >= 0.6 is 0 Å². The van der Waals surface area contributed by atoms with Gasteiger partial charge in [0.1, 0.15) is 0 Å². The lowest BCUT2D eigenvalue weighted by Crippen LogP contribution is -2.31. The van der Waals surface area contributed by atoms with E-state index >= 15 is 0 Å². The highest BCUT2D eigenvalue weighted by Gasteiger charge is 2.27. The Balaban J connectivity index is 4.18. The highest BCUT2D eigenvalue weighted by molar-refractivity contribution is 7.86. The summed E-state index contributed by atoms with van der Waals surface area (Å²) in [6.07, 6.45) is 0.801. The van der Waals surface area contributed by atoms with E-state index in [4.69, 9.17) is 5.11 Å². The predicted molar refractivity (Wildman–Crippen MR) is 49.6 cm³/mol. The van der Waals surface area contributed by atoms with Gasteiger partial charge in [0.2, 0.25) is 0 Å². The number of rotatable bonds is 5. The lowest BCUT2D eigenvalue weighted by molar-refractivity contribution is -0.137. The Labute approximate surface area is 75.6 Å². The monoisotopic (exact) mass is 192 g/mol. The second-order valence-electron chi connectivity index (χ2n) is 3.38. The molecule has 0 bridgehead atoms. The maximum absolute atomic E-state index is 11.4. The molecule has 0 saturated carbocycles. The van der Waals surface area contributed by atoms with Crippen LogP contribution < -0.4 is 0 Å². The zero-order valence-electron chi connectivity index (χ0n) is 7.79. The van der Waals surface area contributed by atoms with E-state index in [1.165, 1.54) is 0 Å². The third-order valence-electron chi connectivity index (χ3n) is 1.58. The van der Waals surface area contributed by atoms with Gasteiger partial charge in [0.25, 0.3) is 0 Å². The van der Waals surface area contributed by atoms with E-state index in [1.807, 2.05) is 6.92 Å². The summed E-state index contributed by atoms with van der Waals surface area (Å²) in [5.74, 6) is -0.301. The largest absolute Gasteiger partial charge is 0.481 e.